The van der Waals surface area contributed by atoms with Crippen LogP contribution >= 0.6 is 34.0 Å². The van der Waals surface area contributed by atoms with E-state index in [1.165, 1.54) is 9.75 Å². The fourth-order valence-corrected chi connectivity index (χ4v) is 5.01. The molecule has 0 saturated carbocycles. The van der Waals surface area contributed by atoms with Gasteiger partial charge in [-0.15, -0.1) is 34.0 Å². The van der Waals surface area contributed by atoms with E-state index >= 15 is 0 Å². The number of ether oxygens (including phenoxy) is 1. The van der Waals surface area contributed by atoms with E-state index in [-0.39, 0.29) is 5.91 Å². The van der Waals surface area contributed by atoms with E-state index in [0.717, 1.165) is 22.0 Å². The highest BCUT2D eigenvalue weighted by molar-refractivity contribution is 7.10. The van der Waals surface area contributed by atoms with Gasteiger partial charge in [0.2, 0.25) is 5.91 Å². The molecule has 0 aliphatic heterocycles. The second-order valence-corrected chi connectivity index (χ2v) is 10.0. The molecule has 4 nitrogen and oxygen atoms in total. The van der Waals surface area contributed by atoms with Crippen molar-refractivity contribution in [2.75, 3.05) is 0 Å². The first-order valence-corrected chi connectivity index (χ1v) is 12.5. The molecule has 0 bridgehead atoms. The normalized spacial score (nSPS) is 11.1. The molecule has 3 heterocycles. The van der Waals surface area contributed by atoms with Crippen LogP contribution in [0.25, 0.3) is 6.08 Å². The third-order valence-corrected chi connectivity index (χ3v) is 7.06. The molecule has 0 fully saturated rings. The first kappa shape index (κ1) is 21.5. The minimum absolute atomic E-state index is 0.000952. The van der Waals surface area contributed by atoms with Crippen LogP contribution in [-0.2, 0) is 24.5 Å². The van der Waals surface area contributed by atoms with Crippen LogP contribution in [0, 0.1) is 6.92 Å². The molecule has 0 atom stereocenters. The van der Waals surface area contributed by atoms with Gasteiger partial charge in [-0.2, -0.15) is 0 Å². The maximum absolute atomic E-state index is 12.9. The number of rotatable bonds is 9. The van der Waals surface area contributed by atoms with Gasteiger partial charge in [-0.25, -0.2) is 4.98 Å². The molecule has 0 saturated heterocycles. The highest BCUT2D eigenvalue weighted by Crippen LogP contribution is 2.19. The Morgan fingerprint density at radius 2 is 1.68 bits per heavy atom. The molecule has 0 unspecified atom stereocenters. The van der Waals surface area contributed by atoms with E-state index in [4.69, 9.17) is 4.74 Å². The summed E-state index contributed by atoms with van der Waals surface area (Å²) in [5.41, 5.74) is 1.89. The number of aromatic nitrogens is 1. The Kier molecular flexibility index (Phi) is 7.30. The van der Waals surface area contributed by atoms with E-state index in [1.54, 1.807) is 40.1 Å². The number of thiophene rings is 2. The third-order valence-electron chi connectivity index (χ3n) is 4.52. The number of aryl methyl sites for hydroxylation is 1. The van der Waals surface area contributed by atoms with Crippen molar-refractivity contribution >= 4 is 46.0 Å². The summed E-state index contributed by atoms with van der Waals surface area (Å²) < 4.78 is 5.79. The number of carbonyl (C=O) groups excluding carboxylic acids is 1. The van der Waals surface area contributed by atoms with Crippen molar-refractivity contribution in [3.05, 3.63) is 96.8 Å². The van der Waals surface area contributed by atoms with Crippen LogP contribution < -0.4 is 4.74 Å². The van der Waals surface area contributed by atoms with E-state index in [9.17, 15) is 4.79 Å². The van der Waals surface area contributed by atoms with Crippen LogP contribution in [0.4, 0.5) is 0 Å². The summed E-state index contributed by atoms with van der Waals surface area (Å²) in [7, 11) is 0. The maximum Gasteiger partial charge on any atom is 0.247 e. The second kappa shape index (κ2) is 10.5. The number of hydrogen-bond donors (Lipinski definition) is 0. The van der Waals surface area contributed by atoms with E-state index in [2.05, 4.69) is 17.1 Å². The average molecular weight is 467 g/mol. The Hall–Kier alpha value is -2.74. The van der Waals surface area contributed by atoms with Gasteiger partial charge in [0.05, 0.1) is 23.8 Å². The zero-order valence-corrected chi connectivity index (χ0v) is 19.5. The van der Waals surface area contributed by atoms with Crippen LogP contribution in [-0.4, -0.2) is 15.8 Å². The highest BCUT2D eigenvalue weighted by atomic mass is 32.1. The summed E-state index contributed by atoms with van der Waals surface area (Å²) in [5.74, 6) is 0.784. The molecule has 3 aromatic heterocycles. The van der Waals surface area contributed by atoms with Crippen LogP contribution in [0.1, 0.15) is 26.0 Å². The monoisotopic (exact) mass is 466 g/mol. The zero-order chi connectivity index (χ0) is 21.5. The van der Waals surface area contributed by atoms with Crippen molar-refractivity contribution in [2.45, 2.75) is 26.6 Å². The summed E-state index contributed by atoms with van der Waals surface area (Å²) in [4.78, 5) is 21.5. The van der Waals surface area contributed by atoms with Crippen LogP contribution in [0.5, 0.6) is 5.75 Å². The first-order chi connectivity index (χ1) is 15.2. The fourth-order valence-electron chi connectivity index (χ4n) is 2.97. The van der Waals surface area contributed by atoms with Crippen LogP contribution in [0.3, 0.4) is 0 Å². The lowest BCUT2D eigenvalue weighted by atomic mass is 10.2. The first-order valence-electron chi connectivity index (χ1n) is 9.81. The lowest BCUT2D eigenvalue weighted by Crippen LogP contribution is -2.27. The molecule has 0 spiro atoms. The molecule has 158 valence electrons. The van der Waals surface area contributed by atoms with E-state index in [0.29, 0.717) is 19.7 Å². The number of hydrogen-bond acceptors (Lipinski definition) is 6. The van der Waals surface area contributed by atoms with Crippen molar-refractivity contribution in [3.8, 4) is 5.75 Å². The standard InChI is InChI=1S/C24H22N2O2S3/c1-18-25-20(17-31-18)16-28-21-9-6-19(7-10-21)8-11-24(27)26(14-22-4-2-12-29-22)15-23-5-3-13-30-23/h2-13,17H,14-16H2,1H3/b11-8+. The third kappa shape index (κ3) is 6.37. The molecule has 1 aromatic carbocycles. The Labute approximate surface area is 194 Å². The van der Waals surface area contributed by atoms with Crippen LogP contribution in [0.15, 0.2) is 70.7 Å². The van der Waals surface area contributed by atoms with Crippen molar-refractivity contribution in [2.24, 2.45) is 0 Å². The van der Waals surface area contributed by atoms with Gasteiger partial charge in [0.1, 0.15) is 12.4 Å². The molecule has 0 aliphatic rings. The summed E-state index contributed by atoms with van der Waals surface area (Å²) in [6.45, 7) is 3.67. The zero-order valence-electron chi connectivity index (χ0n) is 17.1. The number of amides is 1. The lowest BCUT2D eigenvalue weighted by Gasteiger charge is -2.20. The number of nitrogens with zero attached hydrogens (tertiary/aromatic N) is 2. The van der Waals surface area contributed by atoms with Gasteiger partial charge >= 0.3 is 0 Å². The lowest BCUT2D eigenvalue weighted by molar-refractivity contribution is -0.127. The molecule has 31 heavy (non-hydrogen) atoms. The van der Waals surface area contributed by atoms with Crippen molar-refractivity contribution in [1.29, 1.82) is 0 Å². The molecule has 4 aromatic rings. The molecule has 4 rings (SSSR count). The minimum Gasteiger partial charge on any atom is -0.487 e. The smallest absolute Gasteiger partial charge is 0.247 e. The topological polar surface area (TPSA) is 42.4 Å². The molecule has 0 N–H and O–H groups in total. The van der Waals surface area contributed by atoms with Crippen LogP contribution in [0.2, 0.25) is 0 Å². The van der Waals surface area contributed by atoms with Gasteiger partial charge < -0.3 is 9.64 Å². The quantitative estimate of drug-likeness (QED) is 0.268. The van der Waals surface area contributed by atoms with Gasteiger partial charge in [0.25, 0.3) is 0 Å². The molecule has 1 amide bonds. The van der Waals surface area contributed by atoms with Gasteiger partial charge in [-0.3, -0.25) is 4.79 Å². The Morgan fingerprint density at radius 1 is 1.00 bits per heavy atom. The summed E-state index contributed by atoms with van der Waals surface area (Å²) >= 11 is 4.96. The number of carbonyl (C=O) groups is 1. The van der Waals surface area contributed by atoms with Gasteiger partial charge in [-0.1, -0.05) is 24.3 Å². The minimum atomic E-state index is 0.000952. The molecule has 0 aliphatic carbocycles. The Bertz CT molecular complexity index is 1080. The highest BCUT2D eigenvalue weighted by Gasteiger charge is 2.13. The van der Waals surface area contributed by atoms with Crippen molar-refractivity contribution in [3.63, 3.8) is 0 Å². The predicted molar refractivity (Wildman–Crippen MR) is 130 cm³/mol. The Morgan fingerprint density at radius 3 is 2.23 bits per heavy atom. The molecular weight excluding hydrogens is 444 g/mol. The van der Waals surface area contributed by atoms with Crippen molar-refractivity contribution in [1.82, 2.24) is 9.88 Å². The second-order valence-electron chi connectivity index (χ2n) is 6.90. The summed E-state index contributed by atoms with van der Waals surface area (Å²) in [6.07, 6.45) is 3.50. The molecule has 7 heteroatoms. The van der Waals surface area contributed by atoms with Gasteiger partial charge in [-0.05, 0) is 53.6 Å². The van der Waals surface area contributed by atoms with Gasteiger partial charge in [0, 0.05) is 21.2 Å². The predicted octanol–water partition coefficient (Wildman–Crippen LogP) is 6.40. The SMILES string of the molecule is Cc1nc(COc2ccc(/C=C/C(=O)N(Cc3cccs3)Cc3cccs3)cc2)cs1. The van der Waals surface area contributed by atoms with Gasteiger partial charge in [0.15, 0.2) is 0 Å². The molecule has 0 radical (unpaired) electrons. The fraction of sp³-hybridized carbons (Fsp3) is 0.167. The average Bonchev–Trinajstić information content (AvgIpc) is 3.55. The van der Waals surface area contributed by atoms with E-state index < -0.39 is 0 Å². The summed E-state index contributed by atoms with van der Waals surface area (Å²) in [5, 5.41) is 7.13. The summed E-state index contributed by atoms with van der Waals surface area (Å²) in [6, 6.07) is 15.9. The maximum atomic E-state index is 12.9. The van der Waals surface area contributed by atoms with Crippen molar-refractivity contribution < 1.29 is 9.53 Å². The Balaban J connectivity index is 1.37. The largest absolute Gasteiger partial charge is 0.487 e. The number of thiazole rings is 1. The van der Waals surface area contributed by atoms with E-state index in [1.807, 2.05) is 70.4 Å². The molecular formula is C24H22N2O2S3. The number of benzene rings is 1.